The molecule has 18 heavy (non-hydrogen) atoms. The van der Waals surface area contributed by atoms with Gasteiger partial charge in [-0.1, -0.05) is 0 Å². The van der Waals surface area contributed by atoms with Crippen molar-refractivity contribution < 1.29 is 9.53 Å². The molecular weight excluding hydrogens is 230 g/mol. The minimum absolute atomic E-state index is 0.0278. The van der Waals surface area contributed by atoms with Crippen molar-refractivity contribution in [3.05, 3.63) is 30.1 Å². The summed E-state index contributed by atoms with van der Waals surface area (Å²) in [7, 11) is 0. The van der Waals surface area contributed by atoms with E-state index >= 15 is 0 Å². The first-order valence-corrected chi connectivity index (χ1v) is 6.31. The second kappa shape index (κ2) is 6.47. The highest BCUT2D eigenvalue weighted by atomic mass is 16.5. The quantitative estimate of drug-likeness (QED) is 0.784. The van der Waals surface area contributed by atoms with Crippen molar-refractivity contribution >= 4 is 5.91 Å². The highest BCUT2D eigenvalue weighted by Gasteiger charge is 2.29. The summed E-state index contributed by atoms with van der Waals surface area (Å²) in [4.78, 5) is 15.8. The molecule has 1 fully saturated rings. The summed E-state index contributed by atoms with van der Waals surface area (Å²) < 4.78 is 5.53. The number of nitrogens with two attached hydrogens (primary N) is 1. The van der Waals surface area contributed by atoms with E-state index in [0.717, 1.165) is 24.8 Å². The van der Waals surface area contributed by atoms with Crippen LogP contribution in [0.1, 0.15) is 18.4 Å². The van der Waals surface area contributed by atoms with Gasteiger partial charge in [0.05, 0.1) is 6.10 Å². The Morgan fingerprint density at radius 1 is 1.44 bits per heavy atom. The third kappa shape index (κ3) is 3.51. The van der Waals surface area contributed by atoms with Crippen LogP contribution in [0.4, 0.5) is 0 Å². The fourth-order valence-electron chi connectivity index (χ4n) is 2.07. The van der Waals surface area contributed by atoms with Crippen molar-refractivity contribution in [1.29, 1.82) is 0 Å². The van der Waals surface area contributed by atoms with Gasteiger partial charge in [0, 0.05) is 25.5 Å². The molecule has 1 saturated heterocycles. The highest BCUT2D eigenvalue weighted by Crippen LogP contribution is 2.18. The van der Waals surface area contributed by atoms with Crippen molar-refractivity contribution in [2.24, 2.45) is 5.73 Å². The number of pyridine rings is 1. The van der Waals surface area contributed by atoms with Crippen molar-refractivity contribution in [2.45, 2.75) is 31.5 Å². The van der Waals surface area contributed by atoms with Crippen LogP contribution in [0.15, 0.2) is 24.5 Å². The lowest BCUT2D eigenvalue weighted by Crippen LogP contribution is -2.36. The Hall–Kier alpha value is -1.46. The minimum atomic E-state index is -0.323. The number of hydrogen-bond donors (Lipinski definition) is 2. The van der Waals surface area contributed by atoms with E-state index in [9.17, 15) is 4.79 Å². The number of amides is 1. The van der Waals surface area contributed by atoms with Gasteiger partial charge < -0.3 is 15.8 Å². The molecule has 2 rings (SSSR count). The number of carbonyl (C=O) groups is 1. The zero-order valence-electron chi connectivity index (χ0n) is 10.3. The smallest absolute Gasteiger partial charge is 0.249 e. The van der Waals surface area contributed by atoms with E-state index in [2.05, 4.69) is 10.3 Å². The van der Waals surface area contributed by atoms with Crippen LogP contribution in [0.5, 0.6) is 0 Å². The van der Waals surface area contributed by atoms with Crippen molar-refractivity contribution in [3.63, 3.8) is 0 Å². The Kier molecular flexibility index (Phi) is 4.66. The van der Waals surface area contributed by atoms with Crippen LogP contribution in [0.2, 0.25) is 0 Å². The number of aromatic nitrogens is 1. The van der Waals surface area contributed by atoms with Gasteiger partial charge in [0.1, 0.15) is 6.10 Å². The maximum atomic E-state index is 11.8. The monoisotopic (exact) mass is 249 g/mol. The standard InChI is InChI=1S/C13H19N3O2/c14-9-11-1-2-12(18-11)13(17)16-8-5-10-3-6-15-7-4-10/h3-4,6-7,11-12H,1-2,5,8-9,14H2,(H,16,17). The van der Waals surface area contributed by atoms with E-state index in [1.807, 2.05) is 12.1 Å². The second-order valence-electron chi connectivity index (χ2n) is 4.46. The summed E-state index contributed by atoms with van der Waals surface area (Å²) in [6.07, 6.45) is 5.67. The molecule has 2 atom stereocenters. The molecule has 0 radical (unpaired) electrons. The highest BCUT2D eigenvalue weighted by molar-refractivity contribution is 5.81. The molecule has 2 unspecified atom stereocenters. The molecule has 1 aromatic rings. The van der Waals surface area contributed by atoms with E-state index in [4.69, 9.17) is 10.5 Å². The second-order valence-corrected chi connectivity index (χ2v) is 4.46. The van der Waals surface area contributed by atoms with Crippen LogP contribution in [-0.2, 0) is 16.0 Å². The number of carbonyl (C=O) groups excluding carboxylic acids is 1. The van der Waals surface area contributed by atoms with Gasteiger partial charge in [-0.3, -0.25) is 9.78 Å². The Labute approximate surface area is 107 Å². The van der Waals surface area contributed by atoms with E-state index in [1.165, 1.54) is 0 Å². The molecule has 2 heterocycles. The van der Waals surface area contributed by atoms with Crippen molar-refractivity contribution in [2.75, 3.05) is 13.1 Å². The van der Waals surface area contributed by atoms with Gasteiger partial charge in [-0.15, -0.1) is 0 Å². The van der Waals surface area contributed by atoms with Crippen molar-refractivity contribution in [1.82, 2.24) is 10.3 Å². The fraction of sp³-hybridized carbons (Fsp3) is 0.538. The first-order chi connectivity index (χ1) is 8.79. The van der Waals surface area contributed by atoms with Crippen molar-refractivity contribution in [3.8, 4) is 0 Å². The van der Waals surface area contributed by atoms with E-state index < -0.39 is 0 Å². The first-order valence-electron chi connectivity index (χ1n) is 6.31. The van der Waals surface area contributed by atoms with Gasteiger partial charge in [0.2, 0.25) is 5.91 Å². The molecule has 1 aliphatic heterocycles. The Morgan fingerprint density at radius 3 is 2.89 bits per heavy atom. The maximum Gasteiger partial charge on any atom is 0.249 e. The number of nitrogens with one attached hydrogen (secondary N) is 1. The van der Waals surface area contributed by atoms with E-state index in [1.54, 1.807) is 12.4 Å². The Bertz CT molecular complexity index is 383. The molecule has 5 heteroatoms. The summed E-state index contributed by atoms with van der Waals surface area (Å²) >= 11 is 0. The molecule has 0 saturated carbocycles. The number of nitrogens with zero attached hydrogens (tertiary/aromatic N) is 1. The Balaban J connectivity index is 1.69. The third-order valence-electron chi connectivity index (χ3n) is 3.13. The number of ether oxygens (including phenoxy) is 1. The number of hydrogen-bond acceptors (Lipinski definition) is 4. The third-order valence-corrected chi connectivity index (χ3v) is 3.13. The first kappa shape index (κ1) is 13.0. The molecule has 0 aromatic carbocycles. The van der Waals surface area contributed by atoms with E-state index in [-0.39, 0.29) is 18.1 Å². The maximum absolute atomic E-state index is 11.8. The predicted molar refractivity (Wildman–Crippen MR) is 67.9 cm³/mol. The molecule has 98 valence electrons. The molecule has 3 N–H and O–H groups in total. The average molecular weight is 249 g/mol. The number of rotatable bonds is 5. The lowest BCUT2D eigenvalue weighted by atomic mass is 10.1. The normalized spacial score (nSPS) is 22.9. The minimum Gasteiger partial charge on any atom is -0.364 e. The average Bonchev–Trinajstić information content (AvgIpc) is 2.89. The van der Waals surface area contributed by atoms with Gasteiger partial charge in [0.25, 0.3) is 0 Å². The predicted octanol–water partition coefficient (Wildman–Crippen LogP) is 0.247. The summed E-state index contributed by atoms with van der Waals surface area (Å²) in [5.74, 6) is -0.0278. The zero-order chi connectivity index (χ0) is 12.8. The Morgan fingerprint density at radius 2 is 2.22 bits per heavy atom. The summed E-state index contributed by atoms with van der Waals surface area (Å²) in [6, 6.07) is 3.89. The fourth-order valence-corrected chi connectivity index (χ4v) is 2.07. The molecule has 1 amide bonds. The zero-order valence-corrected chi connectivity index (χ0v) is 10.3. The van der Waals surface area contributed by atoms with Gasteiger partial charge in [-0.2, -0.15) is 0 Å². The topological polar surface area (TPSA) is 77.2 Å². The lowest BCUT2D eigenvalue weighted by molar-refractivity contribution is -0.131. The molecule has 1 aromatic heterocycles. The molecular formula is C13H19N3O2. The van der Waals surface area contributed by atoms with Gasteiger partial charge in [-0.25, -0.2) is 0 Å². The molecule has 0 aliphatic carbocycles. The summed E-state index contributed by atoms with van der Waals surface area (Å²) in [5, 5.41) is 2.89. The summed E-state index contributed by atoms with van der Waals surface area (Å²) in [5.41, 5.74) is 6.67. The van der Waals surface area contributed by atoms with Crippen LogP contribution in [0.3, 0.4) is 0 Å². The van der Waals surface area contributed by atoms with Gasteiger partial charge in [0.15, 0.2) is 0 Å². The van der Waals surface area contributed by atoms with E-state index in [0.29, 0.717) is 13.1 Å². The van der Waals surface area contributed by atoms with Crippen LogP contribution in [0.25, 0.3) is 0 Å². The molecule has 1 aliphatic rings. The van der Waals surface area contributed by atoms with Gasteiger partial charge >= 0.3 is 0 Å². The lowest BCUT2D eigenvalue weighted by Gasteiger charge is -2.12. The van der Waals surface area contributed by atoms with Crippen LogP contribution in [0, 0.1) is 0 Å². The van der Waals surface area contributed by atoms with Crippen LogP contribution >= 0.6 is 0 Å². The summed E-state index contributed by atoms with van der Waals surface area (Å²) in [6.45, 7) is 1.11. The van der Waals surface area contributed by atoms with Crippen LogP contribution in [-0.4, -0.2) is 36.2 Å². The largest absolute Gasteiger partial charge is 0.364 e. The molecule has 5 nitrogen and oxygen atoms in total. The molecule has 0 spiro atoms. The van der Waals surface area contributed by atoms with Crippen LogP contribution < -0.4 is 11.1 Å². The molecule has 0 bridgehead atoms. The van der Waals surface area contributed by atoms with Gasteiger partial charge in [-0.05, 0) is 37.0 Å². The SMILES string of the molecule is NCC1CCC(C(=O)NCCc2ccncc2)O1.